The van der Waals surface area contributed by atoms with Crippen LogP contribution in [0.4, 0.5) is 0 Å². The number of nitrogens with one attached hydrogen (secondary N) is 1. The molecule has 0 unspecified atom stereocenters. The molecule has 4 aromatic rings. The lowest BCUT2D eigenvalue weighted by atomic mass is 9.77. The van der Waals surface area contributed by atoms with Gasteiger partial charge in [0.15, 0.2) is 0 Å². The Hall–Kier alpha value is -3.17. The van der Waals surface area contributed by atoms with Crippen LogP contribution in [0.3, 0.4) is 0 Å². The maximum atomic E-state index is 4.89. The molecule has 3 nitrogen and oxygen atoms in total. The second-order valence-corrected chi connectivity index (χ2v) is 9.83. The van der Waals surface area contributed by atoms with E-state index in [1.807, 2.05) is 6.33 Å². The Morgan fingerprint density at radius 2 is 1.26 bits per heavy atom. The first kappa shape index (κ1) is 23.6. The molecule has 0 saturated heterocycles. The summed E-state index contributed by atoms with van der Waals surface area (Å²) in [6.45, 7) is 1.12. The summed E-state index contributed by atoms with van der Waals surface area (Å²) in [6, 6.07) is 33.2. The number of imidazole rings is 1. The molecule has 0 bridgehead atoms. The van der Waals surface area contributed by atoms with E-state index in [0.29, 0.717) is 0 Å². The Bertz CT molecular complexity index is 1050. The van der Waals surface area contributed by atoms with Gasteiger partial charge < -0.3 is 9.88 Å². The molecule has 1 fully saturated rings. The van der Waals surface area contributed by atoms with Gasteiger partial charge in [0.05, 0.1) is 12.0 Å². The van der Waals surface area contributed by atoms with Crippen LogP contribution in [0.5, 0.6) is 0 Å². The van der Waals surface area contributed by atoms with Gasteiger partial charge in [-0.1, -0.05) is 110 Å². The lowest BCUT2D eigenvalue weighted by Crippen LogP contribution is -2.36. The van der Waals surface area contributed by atoms with Crippen molar-refractivity contribution in [3.63, 3.8) is 0 Å². The van der Waals surface area contributed by atoms with Crippen molar-refractivity contribution in [1.82, 2.24) is 14.9 Å². The van der Waals surface area contributed by atoms with Crippen molar-refractivity contribution >= 4 is 0 Å². The van der Waals surface area contributed by atoms with E-state index in [9.17, 15) is 0 Å². The zero-order chi connectivity index (χ0) is 23.8. The standard InChI is InChI=1S/C32H37N3/c1-5-15-27(16-6-1)32(28-17-7-2-8-18-28,29-19-9-3-10-20-29)35-25-31(34-26-35)23-13-14-24-33-30-21-11-4-12-22-30/h1-3,5-10,15-20,25-26,30,33H,4,11-14,21-24H2. The number of unbranched alkanes of at least 4 members (excludes halogenated alkanes) is 1. The number of benzene rings is 3. The summed E-state index contributed by atoms with van der Waals surface area (Å²) in [4.78, 5) is 4.89. The molecule has 0 amide bonds. The molecule has 180 valence electrons. The van der Waals surface area contributed by atoms with Crippen LogP contribution in [0, 0.1) is 0 Å². The third-order valence-electron chi connectivity index (χ3n) is 7.50. The average molecular weight is 464 g/mol. The van der Waals surface area contributed by atoms with Crippen LogP contribution < -0.4 is 5.32 Å². The highest BCUT2D eigenvalue weighted by Gasteiger charge is 2.38. The molecule has 1 N–H and O–H groups in total. The Morgan fingerprint density at radius 3 is 1.80 bits per heavy atom. The molecular formula is C32H37N3. The van der Waals surface area contributed by atoms with Crippen molar-refractivity contribution in [3.8, 4) is 0 Å². The lowest BCUT2D eigenvalue weighted by molar-refractivity contribution is 0.371. The predicted octanol–water partition coefficient (Wildman–Crippen LogP) is 6.97. The minimum atomic E-state index is -0.475. The topological polar surface area (TPSA) is 29.9 Å². The van der Waals surface area contributed by atoms with E-state index in [4.69, 9.17) is 4.98 Å². The maximum Gasteiger partial charge on any atom is 0.121 e. The molecule has 1 heterocycles. The third kappa shape index (κ3) is 5.26. The van der Waals surface area contributed by atoms with Gasteiger partial charge in [0, 0.05) is 12.2 Å². The van der Waals surface area contributed by atoms with Crippen LogP contribution in [0.15, 0.2) is 104 Å². The Morgan fingerprint density at radius 1 is 0.714 bits per heavy atom. The second-order valence-electron chi connectivity index (χ2n) is 9.83. The van der Waals surface area contributed by atoms with E-state index in [1.165, 1.54) is 55.2 Å². The van der Waals surface area contributed by atoms with Crippen LogP contribution in [-0.2, 0) is 12.0 Å². The zero-order valence-electron chi connectivity index (χ0n) is 20.7. The molecule has 0 aliphatic heterocycles. The number of hydrogen-bond acceptors (Lipinski definition) is 2. The normalized spacial score (nSPS) is 14.7. The summed E-state index contributed by atoms with van der Waals surface area (Å²) in [6.07, 6.45) is 14.6. The van der Waals surface area contributed by atoms with E-state index >= 15 is 0 Å². The van der Waals surface area contributed by atoms with Crippen molar-refractivity contribution in [2.45, 2.75) is 62.9 Å². The predicted molar refractivity (Wildman–Crippen MR) is 145 cm³/mol. The molecule has 1 aromatic heterocycles. The van der Waals surface area contributed by atoms with E-state index < -0.39 is 5.54 Å². The Kier molecular flexibility index (Phi) is 7.75. The number of nitrogens with zero attached hydrogens (tertiary/aromatic N) is 2. The Labute approximate surface area is 210 Å². The van der Waals surface area contributed by atoms with Gasteiger partial charge in [-0.15, -0.1) is 0 Å². The maximum absolute atomic E-state index is 4.89. The molecule has 3 aromatic carbocycles. The van der Waals surface area contributed by atoms with Gasteiger partial charge in [-0.05, 0) is 55.3 Å². The fraction of sp³-hybridized carbons (Fsp3) is 0.344. The van der Waals surface area contributed by atoms with Crippen molar-refractivity contribution in [1.29, 1.82) is 0 Å². The van der Waals surface area contributed by atoms with E-state index in [2.05, 4.69) is 107 Å². The number of aromatic nitrogens is 2. The summed E-state index contributed by atoms with van der Waals surface area (Å²) >= 11 is 0. The fourth-order valence-electron chi connectivity index (χ4n) is 5.71. The molecule has 3 heteroatoms. The second kappa shape index (κ2) is 11.5. The van der Waals surface area contributed by atoms with E-state index in [-0.39, 0.29) is 0 Å². The number of hydrogen-bond donors (Lipinski definition) is 1. The molecule has 5 rings (SSSR count). The molecule has 1 aliphatic carbocycles. The first-order valence-corrected chi connectivity index (χ1v) is 13.3. The highest BCUT2D eigenvalue weighted by Crippen LogP contribution is 2.40. The quantitative estimate of drug-likeness (QED) is 0.203. The third-order valence-corrected chi connectivity index (χ3v) is 7.50. The molecule has 1 aliphatic rings. The van der Waals surface area contributed by atoms with Crippen LogP contribution in [0.2, 0.25) is 0 Å². The van der Waals surface area contributed by atoms with Gasteiger partial charge in [-0.3, -0.25) is 0 Å². The SMILES string of the molecule is c1ccc(C(c2ccccc2)(c2ccccc2)n2cnc(CCCCNC3CCCCC3)c2)cc1. The van der Waals surface area contributed by atoms with E-state index in [1.54, 1.807) is 0 Å². The zero-order valence-corrected chi connectivity index (χ0v) is 20.7. The van der Waals surface area contributed by atoms with E-state index in [0.717, 1.165) is 31.1 Å². The van der Waals surface area contributed by atoms with Crippen LogP contribution in [0.25, 0.3) is 0 Å². The number of aryl methyl sites for hydroxylation is 1. The first-order chi connectivity index (χ1) is 17.4. The van der Waals surface area contributed by atoms with Gasteiger partial charge in [0.2, 0.25) is 0 Å². The lowest BCUT2D eigenvalue weighted by Gasteiger charge is -2.37. The van der Waals surface area contributed by atoms with Crippen molar-refractivity contribution in [2.24, 2.45) is 0 Å². The van der Waals surface area contributed by atoms with Gasteiger partial charge in [0.1, 0.15) is 5.54 Å². The summed E-state index contributed by atoms with van der Waals surface area (Å²) in [5.74, 6) is 0. The van der Waals surface area contributed by atoms with Gasteiger partial charge in [-0.2, -0.15) is 0 Å². The fourth-order valence-corrected chi connectivity index (χ4v) is 5.71. The number of rotatable bonds is 10. The van der Waals surface area contributed by atoms with Gasteiger partial charge >= 0.3 is 0 Å². The minimum absolute atomic E-state index is 0.475. The van der Waals surface area contributed by atoms with Gasteiger partial charge in [-0.25, -0.2) is 4.98 Å². The van der Waals surface area contributed by atoms with Gasteiger partial charge in [0.25, 0.3) is 0 Å². The largest absolute Gasteiger partial charge is 0.319 e. The van der Waals surface area contributed by atoms with Crippen LogP contribution in [-0.4, -0.2) is 22.1 Å². The van der Waals surface area contributed by atoms with Crippen molar-refractivity contribution in [2.75, 3.05) is 6.54 Å². The molecule has 0 atom stereocenters. The summed E-state index contributed by atoms with van der Waals surface area (Å²) in [5, 5.41) is 3.78. The van der Waals surface area contributed by atoms with Crippen LogP contribution >= 0.6 is 0 Å². The smallest absolute Gasteiger partial charge is 0.121 e. The molecule has 0 spiro atoms. The first-order valence-electron chi connectivity index (χ1n) is 13.3. The summed E-state index contributed by atoms with van der Waals surface area (Å²) in [5.41, 5.74) is 4.39. The Balaban J connectivity index is 1.40. The minimum Gasteiger partial charge on any atom is -0.319 e. The molecule has 1 saturated carbocycles. The van der Waals surface area contributed by atoms with Crippen molar-refractivity contribution < 1.29 is 0 Å². The average Bonchev–Trinajstić information content (AvgIpc) is 3.40. The van der Waals surface area contributed by atoms with Crippen molar-refractivity contribution in [3.05, 3.63) is 126 Å². The summed E-state index contributed by atoms with van der Waals surface area (Å²) < 4.78 is 2.32. The molecule has 0 radical (unpaired) electrons. The van der Waals surface area contributed by atoms with Crippen LogP contribution in [0.1, 0.15) is 67.3 Å². The molecular weight excluding hydrogens is 426 g/mol. The highest BCUT2D eigenvalue weighted by atomic mass is 15.1. The monoisotopic (exact) mass is 463 g/mol. The molecule has 35 heavy (non-hydrogen) atoms. The summed E-state index contributed by atoms with van der Waals surface area (Å²) in [7, 11) is 0. The highest BCUT2D eigenvalue weighted by molar-refractivity contribution is 5.50.